The summed E-state index contributed by atoms with van der Waals surface area (Å²) >= 11 is 0. The van der Waals surface area contributed by atoms with Gasteiger partial charge in [-0.2, -0.15) is 13.2 Å². The molecule has 1 aromatic heterocycles. The Hall–Kier alpha value is -2.03. The Bertz CT molecular complexity index is 599. The number of carbonyl (C=O) groups is 1. The molecule has 0 aromatic carbocycles. The standard InChI is InChI=1S/C16H21F3N2O4/c1-15(2,3)25-14(23)21-8-12(6-10(21)9-22)24-11-4-5-13(20-7-11)16(17,18)19/h4-5,7,10,12,22H,6,8-9H2,1-3H3/t10-,12-/m0/s1. The molecule has 2 atom stereocenters. The number of hydrogen-bond acceptors (Lipinski definition) is 5. The molecule has 1 amide bonds. The highest BCUT2D eigenvalue weighted by Crippen LogP contribution is 2.29. The minimum absolute atomic E-state index is 0.167. The molecular weight excluding hydrogens is 341 g/mol. The number of likely N-dealkylation sites (tertiary alicyclic amines) is 1. The summed E-state index contributed by atoms with van der Waals surface area (Å²) in [5.41, 5.74) is -1.68. The van der Waals surface area contributed by atoms with Gasteiger partial charge in [0.1, 0.15) is 23.1 Å². The fourth-order valence-corrected chi connectivity index (χ4v) is 2.49. The van der Waals surface area contributed by atoms with E-state index >= 15 is 0 Å². The molecule has 25 heavy (non-hydrogen) atoms. The van der Waals surface area contributed by atoms with Gasteiger partial charge in [0.15, 0.2) is 0 Å². The Kier molecular flexibility index (Phi) is 5.46. The van der Waals surface area contributed by atoms with Crippen LogP contribution in [0.5, 0.6) is 5.75 Å². The van der Waals surface area contributed by atoms with Crippen molar-refractivity contribution in [1.29, 1.82) is 0 Å². The second kappa shape index (κ2) is 7.07. The van der Waals surface area contributed by atoms with E-state index < -0.39 is 35.7 Å². The number of ether oxygens (including phenoxy) is 2. The topological polar surface area (TPSA) is 71.9 Å². The highest BCUT2D eigenvalue weighted by molar-refractivity contribution is 5.69. The Morgan fingerprint density at radius 1 is 1.36 bits per heavy atom. The van der Waals surface area contributed by atoms with Crippen molar-refractivity contribution >= 4 is 6.09 Å². The molecule has 2 heterocycles. The van der Waals surface area contributed by atoms with Crippen molar-refractivity contribution in [3.8, 4) is 5.75 Å². The van der Waals surface area contributed by atoms with Crippen LogP contribution in [0.15, 0.2) is 18.3 Å². The number of pyridine rings is 1. The number of nitrogens with zero attached hydrogens (tertiary/aromatic N) is 2. The maximum atomic E-state index is 12.5. The maximum absolute atomic E-state index is 12.5. The fraction of sp³-hybridized carbons (Fsp3) is 0.625. The van der Waals surface area contributed by atoms with Crippen LogP contribution in [-0.4, -0.2) is 52.0 Å². The van der Waals surface area contributed by atoms with Crippen LogP contribution < -0.4 is 4.74 Å². The lowest BCUT2D eigenvalue weighted by Crippen LogP contribution is -2.41. The zero-order valence-electron chi connectivity index (χ0n) is 14.2. The molecule has 2 rings (SSSR count). The van der Waals surface area contributed by atoms with Gasteiger partial charge in [-0.1, -0.05) is 0 Å². The van der Waals surface area contributed by atoms with E-state index in [-0.39, 0.29) is 18.9 Å². The van der Waals surface area contributed by atoms with E-state index in [1.165, 1.54) is 11.0 Å². The van der Waals surface area contributed by atoms with Crippen LogP contribution in [0, 0.1) is 0 Å². The van der Waals surface area contributed by atoms with Gasteiger partial charge in [-0.3, -0.25) is 4.90 Å². The van der Waals surface area contributed by atoms with Crippen molar-refractivity contribution in [3.05, 3.63) is 24.0 Å². The van der Waals surface area contributed by atoms with Gasteiger partial charge in [0.25, 0.3) is 0 Å². The van der Waals surface area contributed by atoms with Crippen LogP contribution in [0.1, 0.15) is 32.9 Å². The number of aliphatic hydroxyl groups excluding tert-OH is 1. The van der Waals surface area contributed by atoms with E-state index in [1.807, 2.05) is 0 Å². The van der Waals surface area contributed by atoms with Gasteiger partial charge < -0.3 is 14.6 Å². The van der Waals surface area contributed by atoms with E-state index in [2.05, 4.69) is 4.98 Å². The summed E-state index contributed by atoms with van der Waals surface area (Å²) in [7, 11) is 0. The van der Waals surface area contributed by atoms with Crippen molar-refractivity contribution in [1.82, 2.24) is 9.88 Å². The van der Waals surface area contributed by atoms with E-state index in [4.69, 9.17) is 9.47 Å². The van der Waals surface area contributed by atoms with Gasteiger partial charge >= 0.3 is 12.3 Å². The molecule has 0 bridgehead atoms. The summed E-state index contributed by atoms with van der Waals surface area (Å²) in [4.78, 5) is 16.9. The summed E-state index contributed by atoms with van der Waals surface area (Å²) in [5.74, 6) is 0.167. The van der Waals surface area contributed by atoms with Crippen LogP contribution in [0.4, 0.5) is 18.0 Å². The molecule has 0 spiro atoms. The van der Waals surface area contributed by atoms with E-state index in [1.54, 1.807) is 20.8 Å². The number of carbonyl (C=O) groups excluding carboxylic acids is 1. The Labute approximate surface area is 143 Å². The first kappa shape index (κ1) is 19.3. The van der Waals surface area contributed by atoms with Crippen LogP contribution in [0.25, 0.3) is 0 Å². The lowest BCUT2D eigenvalue weighted by Gasteiger charge is -2.27. The number of rotatable bonds is 3. The molecule has 1 saturated heterocycles. The van der Waals surface area contributed by atoms with Gasteiger partial charge in [-0.15, -0.1) is 0 Å². The zero-order valence-corrected chi connectivity index (χ0v) is 14.2. The number of amides is 1. The molecule has 9 heteroatoms. The monoisotopic (exact) mass is 362 g/mol. The average molecular weight is 362 g/mol. The smallest absolute Gasteiger partial charge is 0.433 e. The van der Waals surface area contributed by atoms with Crippen LogP contribution >= 0.6 is 0 Å². The lowest BCUT2D eigenvalue weighted by atomic mass is 10.2. The number of halogens is 3. The Morgan fingerprint density at radius 3 is 2.52 bits per heavy atom. The molecule has 1 fully saturated rings. The van der Waals surface area contributed by atoms with Crippen molar-refractivity contribution in [2.45, 2.75) is 51.1 Å². The first-order chi connectivity index (χ1) is 11.5. The molecule has 1 aliphatic rings. The van der Waals surface area contributed by atoms with Crippen molar-refractivity contribution in [3.63, 3.8) is 0 Å². The molecule has 0 radical (unpaired) electrons. The number of aliphatic hydroxyl groups is 1. The van der Waals surface area contributed by atoms with E-state index in [0.29, 0.717) is 6.42 Å². The van der Waals surface area contributed by atoms with Crippen molar-refractivity contribution in [2.24, 2.45) is 0 Å². The number of alkyl halides is 3. The van der Waals surface area contributed by atoms with Crippen LogP contribution in [0.2, 0.25) is 0 Å². The second-order valence-electron chi connectivity index (χ2n) is 6.82. The molecule has 1 aromatic rings. The first-order valence-electron chi connectivity index (χ1n) is 7.80. The van der Waals surface area contributed by atoms with Crippen LogP contribution in [-0.2, 0) is 10.9 Å². The van der Waals surface area contributed by atoms with Gasteiger partial charge in [-0.25, -0.2) is 9.78 Å². The maximum Gasteiger partial charge on any atom is 0.433 e. The largest absolute Gasteiger partial charge is 0.487 e. The molecule has 1 N–H and O–H groups in total. The molecular formula is C16H21F3N2O4. The SMILES string of the molecule is CC(C)(C)OC(=O)N1C[C@@H](Oc2ccc(C(F)(F)F)nc2)C[C@H]1CO. The second-order valence-corrected chi connectivity index (χ2v) is 6.82. The molecule has 0 unspecified atom stereocenters. The summed E-state index contributed by atoms with van der Waals surface area (Å²) in [6, 6.07) is 1.54. The number of aromatic nitrogens is 1. The molecule has 140 valence electrons. The minimum atomic E-state index is -4.51. The molecule has 1 aliphatic heterocycles. The fourth-order valence-electron chi connectivity index (χ4n) is 2.49. The molecule has 0 saturated carbocycles. The highest BCUT2D eigenvalue weighted by Gasteiger charge is 2.38. The van der Waals surface area contributed by atoms with Crippen molar-refractivity contribution in [2.75, 3.05) is 13.2 Å². The number of hydrogen-bond donors (Lipinski definition) is 1. The minimum Gasteiger partial charge on any atom is -0.487 e. The van der Waals surface area contributed by atoms with Crippen molar-refractivity contribution < 1.29 is 32.5 Å². The average Bonchev–Trinajstić information content (AvgIpc) is 2.88. The third-order valence-electron chi connectivity index (χ3n) is 3.54. The third kappa shape index (κ3) is 5.22. The summed E-state index contributed by atoms with van der Waals surface area (Å²) in [6.45, 7) is 5.11. The molecule has 6 nitrogen and oxygen atoms in total. The highest BCUT2D eigenvalue weighted by atomic mass is 19.4. The summed E-state index contributed by atoms with van der Waals surface area (Å²) in [5, 5.41) is 9.45. The van der Waals surface area contributed by atoms with E-state index in [9.17, 15) is 23.1 Å². The molecule has 0 aliphatic carbocycles. The summed E-state index contributed by atoms with van der Waals surface area (Å²) < 4.78 is 48.4. The predicted molar refractivity (Wildman–Crippen MR) is 82.1 cm³/mol. The Morgan fingerprint density at radius 2 is 2.04 bits per heavy atom. The third-order valence-corrected chi connectivity index (χ3v) is 3.54. The van der Waals surface area contributed by atoms with Gasteiger partial charge in [-0.05, 0) is 32.9 Å². The quantitative estimate of drug-likeness (QED) is 0.895. The zero-order chi connectivity index (χ0) is 18.8. The van der Waals surface area contributed by atoms with Gasteiger partial charge in [0.05, 0.1) is 25.4 Å². The Balaban J connectivity index is 2.01. The van der Waals surface area contributed by atoms with Gasteiger partial charge in [0, 0.05) is 6.42 Å². The normalized spacial score (nSPS) is 21.3. The lowest BCUT2D eigenvalue weighted by molar-refractivity contribution is -0.141. The van der Waals surface area contributed by atoms with Gasteiger partial charge in [0.2, 0.25) is 0 Å². The van der Waals surface area contributed by atoms with E-state index in [0.717, 1.165) is 12.3 Å². The predicted octanol–water partition coefficient (Wildman–Crippen LogP) is 2.85. The van der Waals surface area contributed by atoms with Crippen LogP contribution in [0.3, 0.4) is 0 Å². The summed E-state index contributed by atoms with van der Waals surface area (Å²) in [6.07, 6.45) is -4.21. The first-order valence-corrected chi connectivity index (χ1v) is 7.80.